The molecule has 8 heteroatoms. The number of sulfonamides is 1. The molecular weight excluding hydrogens is 434 g/mol. The number of rotatable bonds is 9. The lowest BCUT2D eigenvalue weighted by Crippen LogP contribution is -2.32. The average molecular weight is 456 g/mol. The molecule has 0 unspecified atom stereocenters. The second-order valence-corrected chi connectivity index (χ2v) is 10.6. The fourth-order valence-electron chi connectivity index (χ4n) is 3.14. The number of pyridine rings is 1. The molecule has 0 amide bonds. The molecule has 0 saturated heterocycles. The molecule has 5 nitrogen and oxygen atoms in total. The maximum Gasteiger partial charge on any atom is 0.244 e. The summed E-state index contributed by atoms with van der Waals surface area (Å²) in [6.07, 6.45) is 6.39. The van der Waals surface area contributed by atoms with E-state index in [1.165, 1.54) is 11.1 Å². The number of benzene rings is 1. The Hall–Kier alpha value is -2.39. The molecule has 0 fully saturated rings. The second kappa shape index (κ2) is 9.61. The molecule has 1 aromatic carbocycles. The van der Waals surface area contributed by atoms with E-state index in [2.05, 4.69) is 16.0 Å². The Morgan fingerprint density at radius 3 is 2.47 bits per heavy atom. The molecule has 4 rings (SSSR count). The van der Waals surface area contributed by atoms with Crippen LogP contribution in [0.4, 0.5) is 0 Å². The Balaban J connectivity index is 1.53. The Labute approximate surface area is 184 Å². The lowest BCUT2D eigenvalue weighted by molar-refractivity contribution is 0.400. The molecule has 0 spiro atoms. The van der Waals surface area contributed by atoms with Crippen molar-refractivity contribution >= 4 is 32.7 Å². The third-order valence-electron chi connectivity index (χ3n) is 4.68. The van der Waals surface area contributed by atoms with Crippen LogP contribution in [0, 0.1) is 0 Å². The van der Waals surface area contributed by atoms with Gasteiger partial charge in [-0.15, -0.1) is 22.7 Å². The predicted molar refractivity (Wildman–Crippen MR) is 122 cm³/mol. The van der Waals surface area contributed by atoms with E-state index in [0.717, 1.165) is 29.0 Å². The number of nitrogens with zero attached hydrogens (tertiary/aromatic N) is 3. The Morgan fingerprint density at radius 1 is 0.933 bits per heavy atom. The third-order valence-corrected chi connectivity index (χ3v) is 8.26. The van der Waals surface area contributed by atoms with Crippen molar-refractivity contribution in [3.8, 4) is 10.6 Å². The van der Waals surface area contributed by atoms with Crippen molar-refractivity contribution in [3.63, 3.8) is 0 Å². The van der Waals surface area contributed by atoms with Crippen LogP contribution in [0.2, 0.25) is 0 Å². The lowest BCUT2D eigenvalue weighted by Gasteiger charge is -2.22. The molecule has 30 heavy (non-hydrogen) atoms. The third kappa shape index (κ3) is 5.02. The van der Waals surface area contributed by atoms with Gasteiger partial charge in [0.25, 0.3) is 0 Å². The number of aromatic nitrogens is 2. The molecular formula is C22H21N3O2S3. The molecule has 0 aliphatic heterocycles. The molecule has 3 aromatic heterocycles. The minimum atomic E-state index is -3.63. The van der Waals surface area contributed by atoms with Crippen LogP contribution in [-0.2, 0) is 23.0 Å². The van der Waals surface area contributed by atoms with Crippen LogP contribution in [0.3, 0.4) is 0 Å². The van der Waals surface area contributed by atoms with E-state index in [1.807, 2.05) is 41.1 Å². The van der Waals surface area contributed by atoms with Gasteiger partial charge in [0.05, 0.1) is 0 Å². The monoisotopic (exact) mass is 455 g/mol. The summed E-state index contributed by atoms with van der Waals surface area (Å²) >= 11 is 3.28. The zero-order valence-corrected chi connectivity index (χ0v) is 18.7. The summed E-state index contributed by atoms with van der Waals surface area (Å²) in [5.41, 5.74) is 1.98. The summed E-state index contributed by atoms with van der Waals surface area (Å²) in [5.74, 6) is 0. The second-order valence-electron chi connectivity index (χ2n) is 6.74. The van der Waals surface area contributed by atoms with Gasteiger partial charge in [0.15, 0.2) is 0 Å². The van der Waals surface area contributed by atoms with Crippen LogP contribution in [0.5, 0.6) is 0 Å². The first kappa shape index (κ1) is 20.9. The molecule has 0 saturated carbocycles. The number of aryl methyl sites for hydroxylation is 1. The van der Waals surface area contributed by atoms with Crippen LogP contribution in [0.15, 0.2) is 82.8 Å². The maximum absolute atomic E-state index is 13.3. The Bertz CT molecular complexity index is 1140. The van der Waals surface area contributed by atoms with Crippen molar-refractivity contribution in [2.45, 2.75) is 24.3 Å². The smallest absolute Gasteiger partial charge is 0.244 e. The Kier molecular flexibility index (Phi) is 6.69. The van der Waals surface area contributed by atoms with Gasteiger partial charge >= 0.3 is 0 Å². The molecule has 0 aliphatic carbocycles. The van der Waals surface area contributed by atoms with Crippen LogP contribution >= 0.6 is 22.7 Å². The van der Waals surface area contributed by atoms with Crippen LogP contribution in [0.1, 0.15) is 16.9 Å². The van der Waals surface area contributed by atoms with Gasteiger partial charge < -0.3 is 0 Å². The topological polar surface area (TPSA) is 63.2 Å². The predicted octanol–water partition coefficient (Wildman–Crippen LogP) is 5.09. The van der Waals surface area contributed by atoms with Gasteiger partial charge in [-0.1, -0.05) is 30.3 Å². The number of hydrogen-bond donors (Lipinski definition) is 0. The quantitative estimate of drug-likeness (QED) is 0.353. The van der Waals surface area contributed by atoms with E-state index < -0.39 is 10.0 Å². The van der Waals surface area contributed by atoms with E-state index in [4.69, 9.17) is 0 Å². The number of hydrogen-bond acceptors (Lipinski definition) is 6. The molecule has 3 heterocycles. The lowest BCUT2D eigenvalue weighted by atomic mass is 10.1. The fourth-order valence-corrected chi connectivity index (χ4v) is 5.97. The number of thiophene rings is 1. The van der Waals surface area contributed by atoms with Crippen LogP contribution in [0.25, 0.3) is 10.6 Å². The average Bonchev–Trinajstić information content (AvgIpc) is 3.49. The highest BCUT2D eigenvalue weighted by Gasteiger charge is 2.24. The van der Waals surface area contributed by atoms with E-state index >= 15 is 0 Å². The van der Waals surface area contributed by atoms with Crippen LogP contribution in [-0.4, -0.2) is 29.2 Å². The highest BCUT2D eigenvalue weighted by atomic mass is 32.2. The summed E-state index contributed by atoms with van der Waals surface area (Å²) in [5, 5.41) is 4.94. The van der Waals surface area contributed by atoms with Crippen molar-refractivity contribution in [1.29, 1.82) is 0 Å². The largest absolute Gasteiger partial charge is 0.263 e. The van der Waals surface area contributed by atoms with Crippen molar-refractivity contribution in [2.75, 3.05) is 6.54 Å². The van der Waals surface area contributed by atoms with Gasteiger partial charge in [-0.3, -0.25) is 4.98 Å². The molecule has 0 radical (unpaired) electrons. The van der Waals surface area contributed by atoms with Gasteiger partial charge in [-0.05, 0) is 42.0 Å². The maximum atomic E-state index is 13.3. The first-order valence-electron chi connectivity index (χ1n) is 9.54. The summed E-state index contributed by atoms with van der Waals surface area (Å²) in [6, 6.07) is 15.3. The molecule has 0 N–H and O–H groups in total. The van der Waals surface area contributed by atoms with Crippen molar-refractivity contribution in [1.82, 2.24) is 14.3 Å². The van der Waals surface area contributed by atoms with Crippen molar-refractivity contribution in [2.24, 2.45) is 0 Å². The van der Waals surface area contributed by atoms with E-state index in [9.17, 15) is 8.42 Å². The van der Waals surface area contributed by atoms with E-state index in [1.54, 1.807) is 51.5 Å². The summed E-state index contributed by atoms with van der Waals surface area (Å²) in [6.45, 7) is 0.767. The SMILES string of the molecule is O=S(=O)(c1cccnc1)N(CCCc1cccs1)Cc1ccc(-c2nccs2)cc1. The first-order chi connectivity index (χ1) is 14.6. The molecule has 154 valence electrons. The van der Waals surface area contributed by atoms with Crippen molar-refractivity contribution in [3.05, 3.63) is 88.3 Å². The Morgan fingerprint density at radius 2 is 1.80 bits per heavy atom. The standard InChI is InChI=1S/C22H21N3O2S3/c26-30(27,21-6-1-11-23-16-21)25(13-2-4-20-5-3-14-28-20)17-18-7-9-19(10-8-18)22-24-12-15-29-22/h1,3,5-12,14-16H,2,4,13,17H2. The number of thiazole rings is 1. The zero-order chi connectivity index (χ0) is 20.8. The minimum absolute atomic E-state index is 0.223. The van der Waals surface area contributed by atoms with Gasteiger partial charge in [0, 0.05) is 47.5 Å². The van der Waals surface area contributed by atoms with Gasteiger partial charge in [0.2, 0.25) is 10.0 Å². The van der Waals surface area contributed by atoms with Gasteiger partial charge in [0.1, 0.15) is 9.90 Å². The minimum Gasteiger partial charge on any atom is -0.263 e. The fraction of sp³-hybridized carbons (Fsp3) is 0.182. The highest BCUT2D eigenvalue weighted by Crippen LogP contribution is 2.24. The van der Waals surface area contributed by atoms with E-state index in [0.29, 0.717) is 13.1 Å². The normalized spacial score (nSPS) is 11.8. The van der Waals surface area contributed by atoms with Crippen LogP contribution < -0.4 is 0 Å². The molecule has 0 bridgehead atoms. The first-order valence-corrected chi connectivity index (χ1v) is 12.7. The highest BCUT2D eigenvalue weighted by molar-refractivity contribution is 7.89. The molecule has 0 atom stereocenters. The van der Waals surface area contributed by atoms with Crippen molar-refractivity contribution < 1.29 is 8.42 Å². The molecule has 4 aromatic rings. The van der Waals surface area contributed by atoms with Gasteiger partial charge in [-0.2, -0.15) is 4.31 Å². The summed E-state index contributed by atoms with van der Waals surface area (Å²) in [4.78, 5) is 9.81. The van der Waals surface area contributed by atoms with E-state index in [-0.39, 0.29) is 4.90 Å². The van der Waals surface area contributed by atoms with Gasteiger partial charge in [-0.25, -0.2) is 13.4 Å². The summed E-state index contributed by atoms with van der Waals surface area (Å²) in [7, 11) is -3.63. The zero-order valence-electron chi connectivity index (χ0n) is 16.2. The molecule has 0 aliphatic rings. The summed E-state index contributed by atoms with van der Waals surface area (Å²) < 4.78 is 28.1.